The van der Waals surface area contributed by atoms with Gasteiger partial charge in [0.1, 0.15) is 6.04 Å². The summed E-state index contributed by atoms with van der Waals surface area (Å²) in [6.45, 7) is 2.53. The van der Waals surface area contributed by atoms with Gasteiger partial charge in [-0.3, -0.25) is 0 Å². The lowest BCUT2D eigenvalue weighted by Gasteiger charge is -2.43. The van der Waals surface area contributed by atoms with Gasteiger partial charge >= 0.3 is 12.1 Å². The second kappa shape index (κ2) is 8.52. The van der Waals surface area contributed by atoms with E-state index in [9.17, 15) is 22.6 Å². The number of hydrogen-bond acceptors (Lipinski definition) is 4. The number of carboxylic acid groups (broad SMARTS) is 1. The van der Waals surface area contributed by atoms with Gasteiger partial charge in [0.05, 0.1) is 52.6 Å². The number of halogens is 3. The number of anilines is 2. The molecule has 2 aromatic rings. The Hall–Kier alpha value is -2.43. The first-order valence-corrected chi connectivity index (χ1v) is 9.71. The van der Waals surface area contributed by atoms with E-state index in [1.54, 1.807) is 14.1 Å². The predicted molar refractivity (Wildman–Crippen MR) is 103 cm³/mol. The Morgan fingerprint density at radius 2 is 1.48 bits per heavy atom. The number of alkyl halides is 3. The quantitative estimate of drug-likeness (QED) is 0.590. The van der Waals surface area contributed by atoms with Gasteiger partial charge in [0.2, 0.25) is 0 Å². The number of hydroxylamine groups is 3. The van der Waals surface area contributed by atoms with E-state index < -0.39 is 22.9 Å². The normalized spacial score (nSPS) is 14.9. The van der Waals surface area contributed by atoms with Crippen molar-refractivity contribution in [2.24, 2.45) is 0 Å². The lowest BCUT2D eigenvalue weighted by Crippen LogP contribution is -2.48. The predicted octanol–water partition coefficient (Wildman–Crippen LogP) is 3.90. The monoisotopic (exact) mass is 430 g/mol. The summed E-state index contributed by atoms with van der Waals surface area (Å²) in [6, 6.07) is 15.3. The maximum absolute atomic E-state index is 12.8. The Morgan fingerprint density at radius 1 is 1.10 bits per heavy atom. The van der Waals surface area contributed by atoms with Crippen LogP contribution in [0.25, 0.3) is 0 Å². The van der Waals surface area contributed by atoms with Crippen LogP contribution in [0.3, 0.4) is 0 Å². The molecule has 0 aromatic heterocycles. The molecule has 0 spiro atoms. The fraction of sp³-hybridized carbons (Fsp3) is 0.316. The first-order chi connectivity index (χ1) is 13.3. The molecule has 1 aliphatic heterocycles. The average Bonchev–Trinajstić information content (AvgIpc) is 2.64. The smallest absolute Gasteiger partial charge is 0.490 e. The fourth-order valence-corrected chi connectivity index (χ4v) is 3.96. The van der Waals surface area contributed by atoms with Crippen LogP contribution in [0.5, 0.6) is 0 Å². The van der Waals surface area contributed by atoms with Gasteiger partial charge in [-0.25, -0.2) is 9.00 Å². The number of rotatable bonds is 3. The van der Waals surface area contributed by atoms with Crippen molar-refractivity contribution in [2.75, 3.05) is 25.5 Å². The molecule has 6 nitrogen and oxygen atoms in total. The third kappa shape index (κ3) is 5.34. The van der Waals surface area contributed by atoms with Crippen molar-refractivity contribution < 1.29 is 31.9 Å². The number of carbonyl (C=O) groups is 1. The van der Waals surface area contributed by atoms with Crippen LogP contribution in [-0.2, 0) is 15.6 Å². The molecule has 10 heteroatoms. The van der Waals surface area contributed by atoms with Crippen molar-refractivity contribution in [3.8, 4) is 0 Å². The highest BCUT2D eigenvalue weighted by molar-refractivity contribution is 7.85. The minimum absolute atomic E-state index is 0.104. The zero-order valence-corrected chi connectivity index (χ0v) is 16.8. The number of nitrogens with zero attached hydrogens (tertiary/aromatic N) is 2. The average molecular weight is 430 g/mol. The van der Waals surface area contributed by atoms with Crippen LogP contribution in [-0.4, -0.2) is 52.8 Å². The molecule has 0 aliphatic carbocycles. The summed E-state index contributed by atoms with van der Waals surface area (Å²) in [5.74, 6) is -2.76. The van der Waals surface area contributed by atoms with E-state index in [4.69, 9.17) is 9.90 Å². The molecule has 1 unspecified atom stereocenters. The first-order valence-electron chi connectivity index (χ1n) is 8.56. The number of fused-ring (bicyclic) bond motifs is 2. The van der Waals surface area contributed by atoms with Crippen LogP contribution >= 0.6 is 0 Å². The molecule has 29 heavy (non-hydrogen) atoms. The van der Waals surface area contributed by atoms with Gasteiger partial charge in [0.25, 0.3) is 0 Å². The molecule has 0 saturated heterocycles. The second-order valence-corrected chi connectivity index (χ2v) is 8.32. The lowest BCUT2D eigenvalue weighted by molar-refractivity contribution is -0.862. The van der Waals surface area contributed by atoms with Crippen LogP contribution in [0.15, 0.2) is 58.3 Å². The van der Waals surface area contributed by atoms with Crippen LogP contribution in [0, 0.1) is 5.21 Å². The van der Waals surface area contributed by atoms with E-state index in [1.807, 2.05) is 55.5 Å². The second-order valence-electron chi connectivity index (χ2n) is 6.90. The summed E-state index contributed by atoms with van der Waals surface area (Å²) < 4.78 is 44.1. The zero-order valence-electron chi connectivity index (χ0n) is 16.0. The Labute approximate surface area is 168 Å². The van der Waals surface area contributed by atoms with Crippen LogP contribution in [0.1, 0.15) is 6.92 Å². The van der Waals surface area contributed by atoms with Gasteiger partial charge in [0, 0.05) is 0 Å². The molecular formula is C19H21F3N2O4S. The Kier molecular flexibility index (Phi) is 6.71. The highest BCUT2D eigenvalue weighted by atomic mass is 32.2. The third-order valence-electron chi connectivity index (χ3n) is 4.46. The SMILES string of the molecule is CC(CN1c2ccccc2S(=O)c2ccccc21)[N+](C)(C)[O-].O=C(O)C(F)(F)F. The standard InChI is InChI=1S/C17H20N2O2S.C2HF3O2/c1-13(19(2,3)20)12-18-14-8-4-6-10-16(14)22(21)17-11-7-5-9-15(17)18;3-2(4,5)1(6)7/h4-11,13H,12H2,1-3H3;(H,6,7). The molecule has 0 bridgehead atoms. The van der Waals surface area contributed by atoms with Gasteiger partial charge in [-0.1, -0.05) is 24.3 Å². The number of para-hydroxylation sites is 2. The molecule has 158 valence electrons. The summed E-state index contributed by atoms with van der Waals surface area (Å²) in [7, 11) is 2.14. The zero-order chi connectivity index (χ0) is 22.0. The molecule has 1 heterocycles. The van der Waals surface area contributed by atoms with Gasteiger partial charge < -0.3 is 19.9 Å². The van der Waals surface area contributed by atoms with Crippen molar-refractivity contribution in [3.05, 3.63) is 53.7 Å². The molecular weight excluding hydrogens is 409 g/mol. The van der Waals surface area contributed by atoms with Gasteiger partial charge in [0.15, 0.2) is 0 Å². The molecule has 3 rings (SSSR count). The molecule has 1 atom stereocenters. The summed E-state index contributed by atoms with van der Waals surface area (Å²) in [5.41, 5.74) is 1.86. The maximum atomic E-state index is 12.8. The van der Waals surface area contributed by atoms with E-state index in [-0.39, 0.29) is 10.7 Å². The van der Waals surface area contributed by atoms with E-state index in [2.05, 4.69) is 4.90 Å². The van der Waals surface area contributed by atoms with E-state index in [0.29, 0.717) is 6.54 Å². The molecule has 0 amide bonds. The highest BCUT2D eigenvalue weighted by Gasteiger charge is 2.38. The first kappa shape index (κ1) is 22.9. The third-order valence-corrected chi connectivity index (χ3v) is 5.95. The number of aliphatic carboxylic acids is 1. The molecule has 1 N–H and O–H groups in total. The van der Waals surface area contributed by atoms with Gasteiger partial charge in [-0.05, 0) is 31.2 Å². The van der Waals surface area contributed by atoms with E-state index in [1.165, 1.54) is 0 Å². The highest BCUT2D eigenvalue weighted by Crippen LogP contribution is 2.41. The van der Waals surface area contributed by atoms with Crippen molar-refractivity contribution in [3.63, 3.8) is 0 Å². The number of carboxylic acids is 1. The number of benzene rings is 2. The van der Waals surface area contributed by atoms with Crippen molar-refractivity contribution in [1.82, 2.24) is 0 Å². The van der Waals surface area contributed by atoms with E-state index in [0.717, 1.165) is 21.2 Å². The number of likely N-dealkylation sites (N-methyl/N-ethyl adjacent to an activating group) is 1. The largest absolute Gasteiger partial charge is 0.633 e. The molecule has 2 aromatic carbocycles. The minimum Gasteiger partial charge on any atom is -0.633 e. The molecule has 0 saturated carbocycles. The Balaban J connectivity index is 0.000000370. The van der Waals surface area contributed by atoms with Crippen LogP contribution < -0.4 is 4.90 Å². The van der Waals surface area contributed by atoms with Crippen molar-refractivity contribution >= 4 is 28.1 Å². The number of quaternary nitrogens is 1. The molecule has 0 radical (unpaired) electrons. The lowest BCUT2D eigenvalue weighted by atomic mass is 10.2. The Morgan fingerprint density at radius 3 is 1.83 bits per heavy atom. The van der Waals surface area contributed by atoms with Crippen LogP contribution in [0.2, 0.25) is 0 Å². The fourth-order valence-electron chi connectivity index (χ4n) is 2.58. The summed E-state index contributed by atoms with van der Waals surface area (Å²) in [5, 5.41) is 19.3. The number of hydrogen-bond donors (Lipinski definition) is 1. The van der Waals surface area contributed by atoms with Crippen LogP contribution in [0.4, 0.5) is 24.5 Å². The Bertz CT molecular complexity index is 863. The van der Waals surface area contributed by atoms with Crippen molar-refractivity contribution in [1.29, 1.82) is 0 Å². The summed E-state index contributed by atoms with van der Waals surface area (Å²) in [4.78, 5) is 12.6. The van der Waals surface area contributed by atoms with Crippen molar-refractivity contribution in [2.45, 2.75) is 28.9 Å². The van der Waals surface area contributed by atoms with Gasteiger partial charge in [-0.15, -0.1) is 0 Å². The topological polar surface area (TPSA) is 80.7 Å². The summed E-state index contributed by atoms with van der Waals surface area (Å²) >= 11 is 0. The molecule has 1 aliphatic rings. The minimum atomic E-state index is -5.08. The van der Waals surface area contributed by atoms with E-state index >= 15 is 0 Å². The molecule has 0 fully saturated rings. The van der Waals surface area contributed by atoms with Gasteiger partial charge in [-0.2, -0.15) is 13.2 Å². The summed E-state index contributed by atoms with van der Waals surface area (Å²) in [6.07, 6.45) is -5.08. The maximum Gasteiger partial charge on any atom is 0.490 e.